The fraction of sp³-hybridized carbons (Fsp3) is 0.238. The molecule has 30 heavy (non-hydrogen) atoms. The number of amides is 1. The molecule has 2 aromatic carbocycles. The Morgan fingerprint density at radius 1 is 1.07 bits per heavy atom. The molecule has 2 N–H and O–H groups in total. The van der Waals surface area contributed by atoms with Gasteiger partial charge in [-0.15, -0.1) is 0 Å². The second kappa shape index (κ2) is 8.56. The van der Waals surface area contributed by atoms with E-state index in [1.54, 1.807) is 6.92 Å². The van der Waals surface area contributed by atoms with Gasteiger partial charge in [0.15, 0.2) is 0 Å². The largest absolute Gasteiger partial charge is 0.416 e. The molecule has 3 rings (SSSR count). The summed E-state index contributed by atoms with van der Waals surface area (Å²) in [5.41, 5.74) is 0.965. The Morgan fingerprint density at radius 2 is 1.70 bits per heavy atom. The summed E-state index contributed by atoms with van der Waals surface area (Å²) >= 11 is 0. The van der Waals surface area contributed by atoms with Crippen LogP contribution in [0.5, 0.6) is 0 Å². The molecule has 0 saturated heterocycles. The topological polar surface area (TPSA) is 66.9 Å². The Bertz CT molecular complexity index is 1080. The zero-order chi connectivity index (χ0) is 21.9. The van der Waals surface area contributed by atoms with Gasteiger partial charge in [-0.25, -0.2) is 9.07 Å². The van der Waals surface area contributed by atoms with Gasteiger partial charge in [-0.05, 0) is 55.3 Å². The molecule has 0 aliphatic rings. The molecule has 158 valence electrons. The molecule has 0 fully saturated rings. The summed E-state index contributed by atoms with van der Waals surface area (Å²) in [6.07, 6.45) is -4.18. The predicted octanol–water partition coefficient (Wildman–Crippen LogP) is 3.88. The average molecular weight is 421 g/mol. The van der Waals surface area contributed by atoms with E-state index in [2.05, 4.69) is 10.4 Å². The quantitative estimate of drug-likeness (QED) is 0.594. The molecule has 0 aliphatic carbocycles. The highest BCUT2D eigenvalue weighted by molar-refractivity contribution is 5.76. The minimum absolute atomic E-state index is 0.0397. The van der Waals surface area contributed by atoms with Crippen LogP contribution < -0.4 is 10.9 Å². The summed E-state index contributed by atoms with van der Waals surface area (Å²) < 4.78 is 52.1. The zero-order valence-electron chi connectivity index (χ0n) is 16.0. The van der Waals surface area contributed by atoms with Crippen LogP contribution >= 0.6 is 0 Å². The van der Waals surface area contributed by atoms with Crippen molar-refractivity contribution >= 4 is 5.91 Å². The van der Waals surface area contributed by atoms with E-state index in [0.29, 0.717) is 22.5 Å². The van der Waals surface area contributed by atoms with E-state index in [4.69, 9.17) is 0 Å². The number of rotatable bonds is 6. The molecule has 0 unspecified atom stereocenters. The smallest absolute Gasteiger partial charge is 0.352 e. The van der Waals surface area contributed by atoms with E-state index in [9.17, 15) is 27.2 Å². The minimum atomic E-state index is -4.41. The van der Waals surface area contributed by atoms with Crippen LogP contribution in [0.25, 0.3) is 5.69 Å². The fourth-order valence-corrected chi connectivity index (χ4v) is 2.99. The van der Waals surface area contributed by atoms with Gasteiger partial charge in [0.25, 0.3) is 5.56 Å². The van der Waals surface area contributed by atoms with Crippen molar-refractivity contribution < 1.29 is 22.4 Å². The van der Waals surface area contributed by atoms with Gasteiger partial charge in [0.05, 0.1) is 11.3 Å². The first-order valence-corrected chi connectivity index (χ1v) is 9.14. The number of nitrogens with zero attached hydrogens (tertiary/aromatic N) is 1. The van der Waals surface area contributed by atoms with Gasteiger partial charge in [0, 0.05) is 24.2 Å². The Morgan fingerprint density at radius 3 is 2.30 bits per heavy atom. The van der Waals surface area contributed by atoms with Crippen molar-refractivity contribution in [3.63, 3.8) is 0 Å². The van der Waals surface area contributed by atoms with Crippen LogP contribution in [0.4, 0.5) is 17.6 Å². The van der Waals surface area contributed by atoms with E-state index in [0.717, 1.165) is 12.1 Å². The second-order valence-corrected chi connectivity index (χ2v) is 6.80. The number of nitrogens with one attached hydrogen (secondary N) is 2. The van der Waals surface area contributed by atoms with Gasteiger partial charge in [-0.3, -0.25) is 14.7 Å². The Hall–Kier alpha value is -3.36. The molecular formula is C21H19F4N3O2. The second-order valence-electron chi connectivity index (χ2n) is 6.80. The summed E-state index contributed by atoms with van der Waals surface area (Å²) in [4.78, 5) is 24.7. The summed E-state index contributed by atoms with van der Waals surface area (Å²) in [7, 11) is 0. The van der Waals surface area contributed by atoms with E-state index in [1.807, 2.05) is 0 Å². The maximum Gasteiger partial charge on any atom is 0.416 e. The normalized spacial score (nSPS) is 11.5. The molecule has 0 spiro atoms. The van der Waals surface area contributed by atoms with Crippen LogP contribution in [0.3, 0.4) is 0 Å². The van der Waals surface area contributed by atoms with Crippen molar-refractivity contribution in [3.05, 3.63) is 87.1 Å². The number of hydrogen-bond acceptors (Lipinski definition) is 2. The monoisotopic (exact) mass is 421 g/mol. The van der Waals surface area contributed by atoms with Crippen molar-refractivity contribution in [1.82, 2.24) is 15.1 Å². The number of carbonyl (C=O) groups excluding carboxylic acids is 1. The zero-order valence-corrected chi connectivity index (χ0v) is 16.0. The molecular weight excluding hydrogens is 402 g/mol. The Balaban J connectivity index is 1.58. The summed E-state index contributed by atoms with van der Waals surface area (Å²) in [5, 5.41) is 5.54. The third-order valence-corrected chi connectivity index (χ3v) is 4.65. The number of halogens is 4. The molecule has 0 aliphatic heterocycles. The average Bonchev–Trinajstić information content (AvgIpc) is 2.98. The summed E-state index contributed by atoms with van der Waals surface area (Å²) in [6.45, 7) is 1.79. The highest BCUT2D eigenvalue weighted by Gasteiger charge is 2.29. The molecule has 0 bridgehead atoms. The van der Waals surface area contributed by atoms with Crippen LogP contribution in [-0.4, -0.2) is 15.7 Å². The molecule has 0 atom stereocenters. The lowest BCUT2D eigenvalue weighted by atomic mass is 10.1. The van der Waals surface area contributed by atoms with Gasteiger partial charge in [0.1, 0.15) is 5.82 Å². The van der Waals surface area contributed by atoms with Crippen molar-refractivity contribution in [2.75, 3.05) is 0 Å². The van der Waals surface area contributed by atoms with Crippen molar-refractivity contribution in [2.45, 2.75) is 32.5 Å². The lowest BCUT2D eigenvalue weighted by Gasteiger charge is -2.08. The highest BCUT2D eigenvalue weighted by Crippen LogP contribution is 2.29. The Labute approximate surface area is 169 Å². The highest BCUT2D eigenvalue weighted by atomic mass is 19.4. The number of alkyl halides is 3. The third kappa shape index (κ3) is 4.97. The van der Waals surface area contributed by atoms with Crippen LogP contribution in [0, 0.1) is 12.7 Å². The number of hydrogen-bond donors (Lipinski definition) is 2. The molecule has 5 nitrogen and oxygen atoms in total. The van der Waals surface area contributed by atoms with Crippen molar-refractivity contribution in [3.8, 4) is 5.69 Å². The number of carbonyl (C=O) groups is 1. The summed E-state index contributed by atoms with van der Waals surface area (Å²) in [5.74, 6) is -0.747. The molecule has 1 aromatic heterocycles. The van der Waals surface area contributed by atoms with Crippen LogP contribution in [-0.2, 0) is 23.9 Å². The van der Waals surface area contributed by atoms with E-state index < -0.39 is 17.6 Å². The first-order valence-electron chi connectivity index (χ1n) is 9.14. The van der Waals surface area contributed by atoms with Crippen molar-refractivity contribution in [1.29, 1.82) is 0 Å². The van der Waals surface area contributed by atoms with Gasteiger partial charge < -0.3 is 5.32 Å². The van der Waals surface area contributed by atoms with Crippen LogP contribution in [0.2, 0.25) is 0 Å². The fourth-order valence-electron chi connectivity index (χ4n) is 2.99. The molecule has 1 heterocycles. The van der Waals surface area contributed by atoms with Gasteiger partial charge in [-0.1, -0.05) is 12.1 Å². The molecule has 3 aromatic rings. The van der Waals surface area contributed by atoms with Crippen LogP contribution in [0.15, 0.2) is 53.3 Å². The molecule has 0 radical (unpaired) electrons. The molecule has 0 saturated carbocycles. The van der Waals surface area contributed by atoms with Gasteiger partial charge in [0.2, 0.25) is 5.91 Å². The predicted molar refractivity (Wildman–Crippen MR) is 103 cm³/mol. The SMILES string of the molecule is Cc1[nH]n(-c2ccc(F)cc2)c(=O)c1CCC(=O)NCc1ccc(C(F)(F)F)cc1. The standard InChI is InChI=1S/C21H19F4N3O2/c1-13-18(20(30)28(27-13)17-8-6-16(22)7-9-17)10-11-19(29)26-12-14-2-4-15(5-3-14)21(23,24)25/h2-9,27H,10-12H2,1H3,(H,26,29). The first kappa shape index (κ1) is 21.4. The maximum atomic E-state index is 13.1. The number of H-pyrrole nitrogens is 1. The van der Waals surface area contributed by atoms with Gasteiger partial charge in [-0.2, -0.15) is 13.2 Å². The summed E-state index contributed by atoms with van der Waals surface area (Å²) in [6, 6.07) is 9.95. The minimum Gasteiger partial charge on any atom is -0.352 e. The lowest BCUT2D eigenvalue weighted by Crippen LogP contribution is -2.24. The van der Waals surface area contributed by atoms with E-state index in [1.165, 1.54) is 41.1 Å². The number of aromatic amines is 1. The lowest BCUT2D eigenvalue weighted by molar-refractivity contribution is -0.137. The third-order valence-electron chi connectivity index (χ3n) is 4.65. The van der Waals surface area contributed by atoms with Gasteiger partial charge >= 0.3 is 6.18 Å². The Kier molecular flexibility index (Phi) is 6.09. The molecule has 1 amide bonds. The maximum absolute atomic E-state index is 13.1. The van der Waals surface area contributed by atoms with Crippen molar-refractivity contribution in [2.24, 2.45) is 0 Å². The number of aromatic nitrogens is 2. The number of aryl methyl sites for hydroxylation is 1. The first-order chi connectivity index (χ1) is 14.1. The molecule has 9 heteroatoms. The van der Waals surface area contributed by atoms with Crippen LogP contribution in [0.1, 0.15) is 28.8 Å². The number of benzene rings is 2. The van der Waals surface area contributed by atoms with E-state index >= 15 is 0 Å². The van der Waals surface area contributed by atoms with E-state index in [-0.39, 0.29) is 30.9 Å².